The number of carbonyl (C=O) groups is 1. The zero-order valence-electron chi connectivity index (χ0n) is 18.3. The first kappa shape index (κ1) is 22.8. The Morgan fingerprint density at radius 1 is 1.23 bits per heavy atom. The normalized spacial score (nSPS) is 16.4. The van der Waals surface area contributed by atoms with E-state index in [9.17, 15) is 9.90 Å². The fourth-order valence-electron chi connectivity index (χ4n) is 3.96. The van der Waals surface area contributed by atoms with Crippen molar-refractivity contribution in [2.75, 3.05) is 32.8 Å². The van der Waals surface area contributed by atoms with Crippen molar-refractivity contribution >= 4 is 17.2 Å². The summed E-state index contributed by atoms with van der Waals surface area (Å²) in [5.41, 5.74) is 3.42. The van der Waals surface area contributed by atoms with Gasteiger partial charge in [0.2, 0.25) is 5.91 Å². The van der Waals surface area contributed by atoms with Crippen LogP contribution in [0.15, 0.2) is 29.6 Å². The molecule has 0 aliphatic carbocycles. The lowest BCUT2D eigenvalue weighted by Crippen LogP contribution is -2.44. The van der Waals surface area contributed by atoms with Gasteiger partial charge in [-0.3, -0.25) is 4.79 Å². The van der Waals surface area contributed by atoms with Crippen molar-refractivity contribution < 1.29 is 14.6 Å². The first-order valence-electron chi connectivity index (χ1n) is 10.8. The summed E-state index contributed by atoms with van der Waals surface area (Å²) in [6.07, 6.45) is 2.04. The summed E-state index contributed by atoms with van der Waals surface area (Å²) in [5, 5.41) is 15.6. The highest BCUT2D eigenvalue weighted by atomic mass is 32.1. The molecule has 0 bridgehead atoms. The molecule has 1 unspecified atom stereocenters. The van der Waals surface area contributed by atoms with Gasteiger partial charge in [-0.2, -0.15) is 0 Å². The van der Waals surface area contributed by atoms with E-state index in [-0.39, 0.29) is 18.4 Å². The summed E-state index contributed by atoms with van der Waals surface area (Å²) in [6.45, 7) is 9.40. The molecule has 0 spiro atoms. The number of piperidine rings is 1. The number of amides is 1. The summed E-state index contributed by atoms with van der Waals surface area (Å²) in [4.78, 5) is 15.9. The van der Waals surface area contributed by atoms with Crippen molar-refractivity contribution in [2.45, 2.75) is 46.1 Å². The number of likely N-dealkylation sites (tertiary alicyclic amines) is 1. The van der Waals surface area contributed by atoms with Gasteiger partial charge in [0, 0.05) is 23.9 Å². The largest absolute Gasteiger partial charge is 0.490 e. The molecule has 1 aliphatic heterocycles. The summed E-state index contributed by atoms with van der Waals surface area (Å²) in [6, 6.07) is 8.29. The number of aryl methyl sites for hydroxylation is 2. The third-order valence-electron chi connectivity index (χ3n) is 5.97. The van der Waals surface area contributed by atoms with E-state index >= 15 is 0 Å². The standard InChI is InChI=1S/C24H34N2O3S/c1-17-6-7-18(2)23(19(17)3)29-16-21(27)15-26-12-9-20(10-13-26)24(28)25-11-8-22-5-4-14-30-22/h4-7,14,20-21,27H,8-13,15-16H2,1-3H3,(H,25,28). The molecule has 2 N–H and O–H groups in total. The number of hydrogen-bond acceptors (Lipinski definition) is 5. The maximum absolute atomic E-state index is 12.4. The van der Waals surface area contributed by atoms with Crippen molar-refractivity contribution in [3.63, 3.8) is 0 Å². The van der Waals surface area contributed by atoms with Gasteiger partial charge >= 0.3 is 0 Å². The molecule has 6 heteroatoms. The Hall–Kier alpha value is -1.89. The molecule has 5 nitrogen and oxygen atoms in total. The van der Waals surface area contributed by atoms with Crippen molar-refractivity contribution in [1.29, 1.82) is 0 Å². The minimum Gasteiger partial charge on any atom is -0.490 e. The lowest BCUT2D eigenvalue weighted by molar-refractivity contribution is -0.126. The molecule has 1 saturated heterocycles. The Morgan fingerprint density at radius 2 is 1.97 bits per heavy atom. The molecule has 3 rings (SSSR count). The lowest BCUT2D eigenvalue weighted by atomic mass is 9.95. The number of aliphatic hydroxyl groups is 1. The second-order valence-electron chi connectivity index (χ2n) is 8.31. The highest BCUT2D eigenvalue weighted by Crippen LogP contribution is 2.26. The Kier molecular flexibility index (Phi) is 8.31. The average Bonchev–Trinajstić information content (AvgIpc) is 3.25. The van der Waals surface area contributed by atoms with Crippen LogP contribution in [-0.2, 0) is 11.2 Å². The van der Waals surface area contributed by atoms with E-state index in [1.54, 1.807) is 11.3 Å². The number of rotatable bonds is 9. The molecule has 2 heterocycles. The molecule has 1 fully saturated rings. The van der Waals surface area contributed by atoms with Crippen LogP contribution in [0.2, 0.25) is 0 Å². The first-order valence-corrected chi connectivity index (χ1v) is 11.7. The van der Waals surface area contributed by atoms with E-state index in [0.29, 0.717) is 13.1 Å². The van der Waals surface area contributed by atoms with E-state index in [1.807, 2.05) is 13.0 Å². The quantitative estimate of drug-likeness (QED) is 0.639. The number of carbonyl (C=O) groups excluding carboxylic acids is 1. The van der Waals surface area contributed by atoms with Gasteiger partial charge < -0.3 is 20.1 Å². The molecule has 0 saturated carbocycles. The topological polar surface area (TPSA) is 61.8 Å². The molecule has 1 amide bonds. The molecule has 2 aromatic rings. The number of nitrogens with zero attached hydrogens (tertiary/aromatic N) is 1. The van der Waals surface area contributed by atoms with Gasteiger partial charge in [0.1, 0.15) is 18.5 Å². The minimum absolute atomic E-state index is 0.0792. The molecule has 1 aromatic heterocycles. The molecular weight excluding hydrogens is 396 g/mol. The smallest absolute Gasteiger partial charge is 0.223 e. The number of ether oxygens (including phenoxy) is 1. The monoisotopic (exact) mass is 430 g/mol. The summed E-state index contributed by atoms with van der Waals surface area (Å²) < 4.78 is 5.95. The van der Waals surface area contributed by atoms with Gasteiger partial charge in [-0.25, -0.2) is 0 Å². The van der Waals surface area contributed by atoms with Crippen LogP contribution < -0.4 is 10.1 Å². The van der Waals surface area contributed by atoms with Crippen molar-refractivity contribution in [3.8, 4) is 5.75 Å². The Morgan fingerprint density at radius 3 is 2.67 bits per heavy atom. The number of aliphatic hydroxyl groups excluding tert-OH is 1. The Labute approximate surface area is 184 Å². The first-order chi connectivity index (χ1) is 14.4. The van der Waals surface area contributed by atoms with E-state index in [4.69, 9.17) is 4.74 Å². The molecule has 0 radical (unpaired) electrons. The fourth-order valence-corrected chi connectivity index (χ4v) is 4.67. The van der Waals surface area contributed by atoms with Gasteiger partial charge in [0.05, 0.1) is 0 Å². The third kappa shape index (κ3) is 6.30. The average molecular weight is 431 g/mol. The zero-order chi connectivity index (χ0) is 21.5. The predicted molar refractivity (Wildman–Crippen MR) is 122 cm³/mol. The van der Waals surface area contributed by atoms with Crippen LogP contribution in [0.25, 0.3) is 0 Å². The SMILES string of the molecule is Cc1ccc(C)c(OCC(O)CN2CCC(C(=O)NCCc3cccs3)CC2)c1C. The molecule has 30 heavy (non-hydrogen) atoms. The molecule has 1 atom stereocenters. The lowest BCUT2D eigenvalue weighted by Gasteiger charge is -2.32. The van der Waals surface area contributed by atoms with Crippen LogP contribution in [0.3, 0.4) is 0 Å². The summed E-state index contributed by atoms with van der Waals surface area (Å²) in [7, 11) is 0. The maximum atomic E-state index is 12.4. The van der Waals surface area contributed by atoms with Crippen LogP contribution in [-0.4, -0.2) is 54.8 Å². The van der Waals surface area contributed by atoms with Gasteiger partial charge in [0.25, 0.3) is 0 Å². The highest BCUT2D eigenvalue weighted by molar-refractivity contribution is 7.09. The van der Waals surface area contributed by atoms with Crippen molar-refractivity contribution in [3.05, 3.63) is 51.2 Å². The molecule has 164 valence electrons. The number of benzene rings is 1. The number of β-amino-alcohol motifs (C(OH)–C–C–N with tert-alkyl or cyclic N) is 1. The fraction of sp³-hybridized carbons (Fsp3) is 0.542. The number of hydrogen-bond donors (Lipinski definition) is 2. The minimum atomic E-state index is -0.541. The Balaban J connectivity index is 1.36. The maximum Gasteiger partial charge on any atom is 0.223 e. The zero-order valence-corrected chi connectivity index (χ0v) is 19.1. The van der Waals surface area contributed by atoms with Gasteiger partial charge in [0.15, 0.2) is 0 Å². The van der Waals surface area contributed by atoms with E-state index < -0.39 is 6.10 Å². The van der Waals surface area contributed by atoms with E-state index in [2.05, 4.69) is 47.6 Å². The van der Waals surface area contributed by atoms with E-state index in [1.165, 1.54) is 10.4 Å². The molecule has 1 aromatic carbocycles. The summed E-state index contributed by atoms with van der Waals surface area (Å²) >= 11 is 1.73. The Bertz CT molecular complexity index is 814. The second kappa shape index (κ2) is 10.9. The molecular formula is C24H34N2O3S. The van der Waals surface area contributed by atoms with Crippen LogP contribution in [0.1, 0.15) is 34.4 Å². The number of thiophene rings is 1. The van der Waals surface area contributed by atoms with Gasteiger partial charge in [-0.1, -0.05) is 18.2 Å². The van der Waals surface area contributed by atoms with Crippen LogP contribution >= 0.6 is 11.3 Å². The van der Waals surface area contributed by atoms with Crippen molar-refractivity contribution in [1.82, 2.24) is 10.2 Å². The van der Waals surface area contributed by atoms with Crippen LogP contribution in [0, 0.1) is 26.7 Å². The molecule has 1 aliphatic rings. The van der Waals surface area contributed by atoms with E-state index in [0.717, 1.165) is 49.2 Å². The third-order valence-corrected chi connectivity index (χ3v) is 6.91. The predicted octanol–water partition coefficient (Wildman–Crippen LogP) is 3.48. The highest BCUT2D eigenvalue weighted by Gasteiger charge is 2.26. The number of nitrogens with one attached hydrogen (secondary N) is 1. The van der Waals surface area contributed by atoms with Crippen molar-refractivity contribution in [2.24, 2.45) is 5.92 Å². The van der Waals surface area contributed by atoms with Crippen LogP contribution in [0.5, 0.6) is 5.75 Å². The second-order valence-corrected chi connectivity index (χ2v) is 9.35. The summed E-state index contributed by atoms with van der Waals surface area (Å²) in [5.74, 6) is 1.13. The van der Waals surface area contributed by atoms with Crippen LogP contribution in [0.4, 0.5) is 0 Å². The van der Waals surface area contributed by atoms with Gasteiger partial charge in [-0.05, 0) is 81.3 Å². The van der Waals surface area contributed by atoms with Gasteiger partial charge in [-0.15, -0.1) is 11.3 Å².